The minimum atomic E-state index is -0.213. The van der Waals surface area contributed by atoms with Crippen molar-refractivity contribution in [2.24, 2.45) is 0 Å². The van der Waals surface area contributed by atoms with Crippen LogP contribution >= 0.6 is 22.9 Å². The third-order valence-corrected chi connectivity index (χ3v) is 5.05. The molecule has 0 saturated heterocycles. The third-order valence-electron chi connectivity index (χ3n) is 4.17. The number of nitrogens with zero attached hydrogens (tertiary/aromatic N) is 3. The van der Waals surface area contributed by atoms with E-state index in [1.54, 1.807) is 17.6 Å². The predicted molar refractivity (Wildman–Crippen MR) is 95.2 cm³/mol. The normalized spacial score (nSPS) is 11.6. The lowest BCUT2D eigenvalue weighted by Gasteiger charge is -2.04. The summed E-state index contributed by atoms with van der Waals surface area (Å²) in [6, 6.07) is 4.85. The van der Waals surface area contributed by atoms with E-state index in [0.717, 1.165) is 57.5 Å². The van der Waals surface area contributed by atoms with Crippen LogP contribution in [0.15, 0.2) is 23.7 Å². The summed E-state index contributed by atoms with van der Waals surface area (Å²) in [5.41, 5.74) is 6.65. The Morgan fingerprint density at radius 2 is 2.12 bits per heavy atom. The molecular weight excluding hydrogens is 347 g/mol. The number of benzene rings is 1. The van der Waals surface area contributed by atoms with Crippen molar-refractivity contribution in [3.05, 3.63) is 51.8 Å². The molecule has 0 aliphatic carbocycles. The lowest BCUT2D eigenvalue weighted by molar-refractivity contribution is 0.629. The van der Waals surface area contributed by atoms with Crippen LogP contribution in [0.4, 0.5) is 4.39 Å². The summed E-state index contributed by atoms with van der Waals surface area (Å²) in [7, 11) is 0. The fourth-order valence-electron chi connectivity index (χ4n) is 3.07. The van der Waals surface area contributed by atoms with Gasteiger partial charge in [-0.05, 0) is 61.5 Å². The maximum atomic E-state index is 13.5. The van der Waals surface area contributed by atoms with Crippen molar-refractivity contribution in [2.75, 3.05) is 0 Å². The number of thiazole rings is 1. The van der Waals surface area contributed by atoms with Gasteiger partial charge in [-0.1, -0.05) is 0 Å². The number of halogens is 2. The Labute approximate surface area is 146 Å². The minimum Gasteiger partial charge on any atom is -0.358 e. The molecule has 0 aliphatic heterocycles. The summed E-state index contributed by atoms with van der Waals surface area (Å²) >= 11 is 7.45. The highest BCUT2D eigenvalue weighted by Gasteiger charge is 2.12. The number of hydrogen-bond acceptors (Lipinski definition) is 4. The lowest BCUT2D eigenvalue weighted by atomic mass is 10.0. The standard InChI is InChI=1S/C17H14ClFN4S/c1-9-11(12-7-10(19)5-6-13(12)21-9)3-2-4-14-15-16(24-8-20-15)23-17(18)22-14/h5-8,21H,2-4H2,1H3. The second-order valence-electron chi connectivity index (χ2n) is 5.72. The predicted octanol–water partition coefficient (Wildman–Crippen LogP) is 4.84. The Balaban J connectivity index is 1.58. The molecule has 7 heteroatoms. The summed E-state index contributed by atoms with van der Waals surface area (Å²) in [5, 5.41) is 1.21. The summed E-state index contributed by atoms with van der Waals surface area (Å²) in [6.07, 6.45) is 2.47. The number of aromatic amines is 1. The molecule has 0 saturated carbocycles. The zero-order valence-corrected chi connectivity index (χ0v) is 14.5. The molecule has 1 aromatic carbocycles. The number of rotatable bonds is 4. The molecule has 0 aliphatic rings. The molecule has 4 nitrogen and oxygen atoms in total. The van der Waals surface area contributed by atoms with Gasteiger partial charge in [0.15, 0.2) is 0 Å². The molecule has 4 rings (SSSR count). The van der Waals surface area contributed by atoms with Gasteiger partial charge in [0.25, 0.3) is 0 Å². The Morgan fingerprint density at radius 1 is 1.25 bits per heavy atom. The Kier molecular flexibility index (Phi) is 3.94. The highest BCUT2D eigenvalue weighted by molar-refractivity contribution is 7.16. The van der Waals surface area contributed by atoms with Crippen molar-refractivity contribution in [3.63, 3.8) is 0 Å². The van der Waals surface area contributed by atoms with Gasteiger partial charge in [0.1, 0.15) is 16.2 Å². The fraction of sp³-hybridized carbons (Fsp3) is 0.235. The van der Waals surface area contributed by atoms with E-state index < -0.39 is 0 Å². The number of nitrogens with one attached hydrogen (secondary N) is 1. The van der Waals surface area contributed by atoms with E-state index in [9.17, 15) is 4.39 Å². The van der Waals surface area contributed by atoms with Gasteiger partial charge in [0.2, 0.25) is 5.28 Å². The van der Waals surface area contributed by atoms with Crippen LogP contribution in [0, 0.1) is 12.7 Å². The van der Waals surface area contributed by atoms with Crippen molar-refractivity contribution in [1.82, 2.24) is 19.9 Å². The Bertz CT molecular complexity index is 1040. The van der Waals surface area contributed by atoms with Crippen LogP contribution in [-0.2, 0) is 12.8 Å². The SMILES string of the molecule is Cc1[nH]c2ccc(F)cc2c1CCCc1nc(Cl)nc2scnc12. The molecule has 0 radical (unpaired) electrons. The first-order valence-electron chi connectivity index (χ1n) is 7.64. The number of aromatic nitrogens is 4. The van der Waals surface area contributed by atoms with E-state index in [0.29, 0.717) is 0 Å². The van der Waals surface area contributed by atoms with E-state index in [4.69, 9.17) is 11.6 Å². The number of hydrogen-bond donors (Lipinski definition) is 1. The first-order valence-corrected chi connectivity index (χ1v) is 8.90. The van der Waals surface area contributed by atoms with Crippen molar-refractivity contribution >= 4 is 44.2 Å². The number of fused-ring (bicyclic) bond motifs is 2. The van der Waals surface area contributed by atoms with Crippen LogP contribution in [0.3, 0.4) is 0 Å². The van der Waals surface area contributed by atoms with Crippen molar-refractivity contribution < 1.29 is 4.39 Å². The van der Waals surface area contributed by atoms with Gasteiger partial charge < -0.3 is 4.98 Å². The summed E-state index contributed by atoms with van der Waals surface area (Å²) in [5.74, 6) is -0.213. The number of aryl methyl sites for hydroxylation is 3. The average Bonchev–Trinajstić information content (AvgIpc) is 3.12. The summed E-state index contributed by atoms with van der Waals surface area (Å²) in [4.78, 5) is 17.0. The van der Waals surface area contributed by atoms with Gasteiger partial charge in [-0.25, -0.2) is 19.3 Å². The maximum absolute atomic E-state index is 13.5. The monoisotopic (exact) mass is 360 g/mol. The molecule has 0 atom stereocenters. The van der Waals surface area contributed by atoms with Crippen LogP contribution in [0.5, 0.6) is 0 Å². The molecule has 0 bridgehead atoms. The topological polar surface area (TPSA) is 54.5 Å². The first-order chi connectivity index (χ1) is 11.6. The summed E-state index contributed by atoms with van der Waals surface area (Å²) in [6.45, 7) is 2.02. The molecular formula is C17H14ClFN4S. The van der Waals surface area contributed by atoms with E-state index in [2.05, 4.69) is 19.9 Å². The second kappa shape index (κ2) is 6.11. The van der Waals surface area contributed by atoms with Gasteiger partial charge in [-0.2, -0.15) is 0 Å². The van der Waals surface area contributed by atoms with E-state index >= 15 is 0 Å². The highest BCUT2D eigenvalue weighted by atomic mass is 35.5. The highest BCUT2D eigenvalue weighted by Crippen LogP contribution is 2.26. The van der Waals surface area contributed by atoms with Crippen LogP contribution in [-0.4, -0.2) is 19.9 Å². The van der Waals surface area contributed by atoms with Crippen molar-refractivity contribution in [2.45, 2.75) is 26.2 Å². The molecule has 122 valence electrons. The van der Waals surface area contributed by atoms with Crippen LogP contribution < -0.4 is 0 Å². The first kappa shape index (κ1) is 15.5. The molecule has 0 spiro atoms. The maximum Gasteiger partial charge on any atom is 0.224 e. The molecule has 1 N–H and O–H groups in total. The largest absolute Gasteiger partial charge is 0.358 e. The number of H-pyrrole nitrogens is 1. The van der Waals surface area contributed by atoms with E-state index in [1.807, 2.05) is 6.92 Å². The smallest absolute Gasteiger partial charge is 0.224 e. The Morgan fingerprint density at radius 3 is 3.00 bits per heavy atom. The molecule has 0 amide bonds. The van der Waals surface area contributed by atoms with Crippen LogP contribution in [0.1, 0.15) is 23.4 Å². The van der Waals surface area contributed by atoms with Gasteiger partial charge in [-0.3, -0.25) is 0 Å². The molecule has 24 heavy (non-hydrogen) atoms. The van der Waals surface area contributed by atoms with Crippen molar-refractivity contribution in [3.8, 4) is 0 Å². The molecule has 0 unspecified atom stereocenters. The molecule has 4 aromatic rings. The van der Waals surface area contributed by atoms with Gasteiger partial charge in [0.05, 0.1) is 11.2 Å². The minimum absolute atomic E-state index is 0.213. The van der Waals surface area contributed by atoms with Crippen molar-refractivity contribution in [1.29, 1.82) is 0 Å². The van der Waals surface area contributed by atoms with Gasteiger partial charge in [0, 0.05) is 16.6 Å². The van der Waals surface area contributed by atoms with Crippen LogP contribution in [0.25, 0.3) is 21.3 Å². The molecule has 3 aromatic heterocycles. The van der Waals surface area contributed by atoms with E-state index in [1.165, 1.54) is 17.4 Å². The lowest BCUT2D eigenvalue weighted by Crippen LogP contribution is -1.97. The van der Waals surface area contributed by atoms with Crippen LogP contribution in [0.2, 0.25) is 5.28 Å². The third kappa shape index (κ3) is 2.76. The molecule has 3 heterocycles. The summed E-state index contributed by atoms with van der Waals surface area (Å²) < 4.78 is 13.5. The second-order valence-corrected chi connectivity index (χ2v) is 6.89. The van der Waals surface area contributed by atoms with E-state index in [-0.39, 0.29) is 11.1 Å². The zero-order chi connectivity index (χ0) is 16.7. The quantitative estimate of drug-likeness (QED) is 0.529. The fourth-order valence-corrected chi connectivity index (χ4v) is 3.99. The average molecular weight is 361 g/mol. The van der Waals surface area contributed by atoms with Gasteiger partial charge >= 0.3 is 0 Å². The zero-order valence-electron chi connectivity index (χ0n) is 12.9. The molecule has 0 fully saturated rings. The van der Waals surface area contributed by atoms with Gasteiger partial charge in [-0.15, -0.1) is 11.3 Å². The Hall–Kier alpha value is -2.05.